The van der Waals surface area contributed by atoms with Gasteiger partial charge in [-0.1, -0.05) is 13.3 Å². The van der Waals surface area contributed by atoms with E-state index in [4.69, 9.17) is 0 Å². The monoisotopic (exact) mass is 292 g/mol. The van der Waals surface area contributed by atoms with Gasteiger partial charge in [-0.15, -0.1) is 0 Å². The van der Waals surface area contributed by atoms with Gasteiger partial charge in [-0.05, 0) is 13.3 Å². The fourth-order valence-corrected chi connectivity index (χ4v) is 2.35. The first-order valence-corrected chi connectivity index (χ1v) is 6.86. The number of aromatic carboxylic acids is 1. The van der Waals surface area contributed by atoms with E-state index in [0.29, 0.717) is 23.1 Å². The number of hydrogen-bond acceptors (Lipinski definition) is 5. The highest BCUT2D eigenvalue weighted by Gasteiger charge is 2.22. The summed E-state index contributed by atoms with van der Waals surface area (Å²) in [5, 5.41) is 27.3. The summed E-state index contributed by atoms with van der Waals surface area (Å²) in [7, 11) is 1.74. The fourth-order valence-electron chi connectivity index (χ4n) is 2.35. The highest BCUT2D eigenvalue weighted by molar-refractivity contribution is 6.03. The second-order valence-electron chi connectivity index (χ2n) is 5.46. The van der Waals surface area contributed by atoms with E-state index < -0.39 is 11.6 Å². The molecule has 3 N–H and O–H groups in total. The Morgan fingerprint density at radius 1 is 1.48 bits per heavy atom. The standard InChI is InChI=1S/C14H20N4O3/c1-4-5-14(2,21)8-16-11-9-7-17-18(3)12(9)15-6-10(11)13(19)20/h6-7,21H,4-5,8H2,1-3H3,(H,15,16)(H,19,20). The van der Waals surface area contributed by atoms with Crippen LogP contribution >= 0.6 is 0 Å². The van der Waals surface area contributed by atoms with Gasteiger partial charge < -0.3 is 15.5 Å². The summed E-state index contributed by atoms with van der Waals surface area (Å²) < 4.78 is 1.58. The molecule has 0 fully saturated rings. The maximum atomic E-state index is 11.4. The number of nitrogens with one attached hydrogen (secondary N) is 1. The molecule has 114 valence electrons. The minimum Gasteiger partial charge on any atom is -0.478 e. The van der Waals surface area contributed by atoms with Crippen LogP contribution in [0, 0.1) is 0 Å². The maximum Gasteiger partial charge on any atom is 0.339 e. The molecule has 0 radical (unpaired) electrons. The van der Waals surface area contributed by atoms with Crippen LogP contribution in [0.4, 0.5) is 5.69 Å². The van der Waals surface area contributed by atoms with Crippen molar-refractivity contribution >= 4 is 22.7 Å². The van der Waals surface area contributed by atoms with E-state index in [1.54, 1.807) is 24.9 Å². The molecule has 0 spiro atoms. The fraction of sp³-hybridized carbons (Fsp3) is 0.500. The van der Waals surface area contributed by atoms with Crippen molar-refractivity contribution < 1.29 is 15.0 Å². The third kappa shape index (κ3) is 3.13. The lowest BCUT2D eigenvalue weighted by atomic mass is 10.0. The van der Waals surface area contributed by atoms with Crippen LogP contribution in [0.15, 0.2) is 12.4 Å². The lowest BCUT2D eigenvalue weighted by Gasteiger charge is -2.24. The van der Waals surface area contributed by atoms with E-state index in [1.807, 2.05) is 6.92 Å². The Hall–Kier alpha value is -2.15. The highest BCUT2D eigenvalue weighted by atomic mass is 16.4. The van der Waals surface area contributed by atoms with Crippen LogP contribution in [0.3, 0.4) is 0 Å². The zero-order valence-electron chi connectivity index (χ0n) is 12.4. The number of hydrogen-bond donors (Lipinski definition) is 3. The summed E-state index contributed by atoms with van der Waals surface area (Å²) in [6, 6.07) is 0. The quantitative estimate of drug-likeness (QED) is 0.748. The van der Waals surface area contributed by atoms with Crippen LogP contribution in [0.5, 0.6) is 0 Å². The number of pyridine rings is 1. The Kier molecular flexibility index (Phi) is 4.13. The Morgan fingerprint density at radius 2 is 2.19 bits per heavy atom. The van der Waals surface area contributed by atoms with E-state index >= 15 is 0 Å². The summed E-state index contributed by atoms with van der Waals surface area (Å²) in [4.78, 5) is 15.5. The van der Waals surface area contributed by atoms with Gasteiger partial charge in [0.15, 0.2) is 5.65 Å². The minimum atomic E-state index is -1.06. The average molecular weight is 292 g/mol. The van der Waals surface area contributed by atoms with E-state index in [0.717, 1.165) is 6.42 Å². The molecule has 0 aliphatic rings. The van der Waals surface area contributed by atoms with Gasteiger partial charge in [0.1, 0.15) is 5.56 Å². The summed E-state index contributed by atoms with van der Waals surface area (Å²) in [6.07, 6.45) is 4.36. The molecular formula is C14H20N4O3. The second kappa shape index (κ2) is 5.69. The van der Waals surface area contributed by atoms with Gasteiger partial charge in [-0.25, -0.2) is 9.78 Å². The molecule has 1 atom stereocenters. The van der Waals surface area contributed by atoms with Crippen molar-refractivity contribution in [3.8, 4) is 0 Å². The van der Waals surface area contributed by atoms with Crippen molar-refractivity contribution in [3.05, 3.63) is 18.0 Å². The Bertz CT molecular complexity index is 664. The van der Waals surface area contributed by atoms with Gasteiger partial charge in [0, 0.05) is 19.8 Å². The number of carboxylic acids is 1. The van der Waals surface area contributed by atoms with Crippen LogP contribution in [0.1, 0.15) is 37.0 Å². The second-order valence-corrected chi connectivity index (χ2v) is 5.46. The van der Waals surface area contributed by atoms with Gasteiger partial charge >= 0.3 is 5.97 Å². The van der Waals surface area contributed by atoms with Gasteiger partial charge in [0.05, 0.1) is 22.9 Å². The van der Waals surface area contributed by atoms with Gasteiger partial charge in [-0.2, -0.15) is 5.10 Å². The Balaban J connectivity index is 2.40. The first kappa shape index (κ1) is 15.2. The van der Waals surface area contributed by atoms with Crippen molar-refractivity contribution in [2.75, 3.05) is 11.9 Å². The Labute approximate surface area is 122 Å². The van der Waals surface area contributed by atoms with Gasteiger partial charge in [0.2, 0.25) is 0 Å². The topological polar surface area (TPSA) is 100 Å². The molecule has 0 bridgehead atoms. The highest BCUT2D eigenvalue weighted by Crippen LogP contribution is 2.26. The molecule has 2 aromatic heterocycles. The number of aromatic nitrogens is 3. The smallest absolute Gasteiger partial charge is 0.339 e. The van der Waals surface area contributed by atoms with E-state index in [-0.39, 0.29) is 12.1 Å². The number of fused-ring (bicyclic) bond motifs is 1. The van der Waals surface area contributed by atoms with Crippen molar-refractivity contribution in [1.82, 2.24) is 14.8 Å². The SMILES string of the molecule is CCCC(C)(O)CNc1c(C(=O)O)cnc2c1cnn2C. The molecule has 0 aromatic carbocycles. The third-order valence-corrected chi connectivity index (χ3v) is 3.43. The number of aryl methyl sites for hydroxylation is 1. The summed E-state index contributed by atoms with van der Waals surface area (Å²) in [5.74, 6) is -1.06. The molecular weight excluding hydrogens is 272 g/mol. The zero-order valence-corrected chi connectivity index (χ0v) is 12.4. The molecule has 2 rings (SSSR count). The van der Waals surface area contributed by atoms with E-state index in [2.05, 4.69) is 15.4 Å². The molecule has 2 heterocycles. The number of nitrogens with zero attached hydrogens (tertiary/aromatic N) is 3. The average Bonchev–Trinajstić information content (AvgIpc) is 2.78. The molecule has 0 amide bonds. The van der Waals surface area contributed by atoms with Crippen LogP contribution in [0.25, 0.3) is 11.0 Å². The molecule has 7 heteroatoms. The van der Waals surface area contributed by atoms with Crippen molar-refractivity contribution in [1.29, 1.82) is 0 Å². The van der Waals surface area contributed by atoms with Crippen LogP contribution < -0.4 is 5.32 Å². The summed E-state index contributed by atoms with van der Waals surface area (Å²) >= 11 is 0. The minimum absolute atomic E-state index is 0.0720. The molecule has 21 heavy (non-hydrogen) atoms. The molecule has 1 unspecified atom stereocenters. The largest absolute Gasteiger partial charge is 0.478 e. The molecule has 0 aliphatic carbocycles. The van der Waals surface area contributed by atoms with Gasteiger partial charge in [0.25, 0.3) is 0 Å². The number of carbonyl (C=O) groups is 1. The lowest BCUT2D eigenvalue weighted by Crippen LogP contribution is -2.33. The van der Waals surface area contributed by atoms with E-state index in [9.17, 15) is 15.0 Å². The van der Waals surface area contributed by atoms with E-state index in [1.165, 1.54) is 6.20 Å². The molecule has 0 saturated heterocycles. The first-order valence-electron chi connectivity index (χ1n) is 6.86. The number of carboxylic acid groups (broad SMARTS) is 1. The molecule has 2 aromatic rings. The van der Waals surface area contributed by atoms with Crippen molar-refractivity contribution in [2.45, 2.75) is 32.3 Å². The van der Waals surface area contributed by atoms with Crippen molar-refractivity contribution in [3.63, 3.8) is 0 Å². The first-order chi connectivity index (χ1) is 9.85. The number of rotatable bonds is 6. The number of anilines is 1. The van der Waals surface area contributed by atoms with Crippen LogP contribution in [0.2, 0.25) is 0 Å². The molecule has 0 saturated carbocycles. The third-order valence-electron chi connectivity index (χ3n) is 3.43. The molecule has 0 aliphatic heterocycles. The Morgan fingerprint density at radius 3 is 2.81 bits per heavy atom. The van der Waals surface area contributed by atoms with Gasteiger partial charge in [-0.3, -0.25) is 4.68 Å². The zero-order chi connectivity index (χ0) is 15.6. The van der Waals surface area contributed by atoms with Crippen LogP contribution in [-0.2, 0) is 7.05 Å². The predicted molar refractivity (Wildman–Crippen MR) is 79.5 cm³/mol. The normalized spacial score (nSPS) is 14.1. The maximum absolute atomic E-state index is 11.4. The summed E-state index contributed by atoms with van der Waals surface area (Å²) in [6.45, 7) is 3.98. The lowest BCUT2D eigenvalue weighted by molar-refractivity contribution is 0.0631. The molecule has 7 nitrogen and oxygen atoms in total. The predicted octanol–water partition coefficient (Wildman–Crippen LogP) is 1.63. The summed E-state index contributed by atoms with van der Waals surface area (Å²) in [5.41, 5.74) is 0.208. The van der Waals surface area contributed by atoms with Crippen molar-refractivity contribution in [2.24, 2.45) is 7.05 Å². The number of aliphatic hydroxyl groups is 1. The van der Waals surface area contributed by atoms with Crippen LogP contribution in [-0.4, -0.2) is 43.1 Å².